The van der Waals surface area contributed by atoms with Gasteiger partial charge in [0.1, 0.15) is 5.82 Å². The number of nitrogens with two attached hydrogens (primary N) is 1. The third-order valence-electron chi connectivity index (χ3n) is 1.51. The molecule has 0 saturated heterocycles. The number of benzene rings is 1. The lowest BCUT2D eigenvalue weighted by molar-refractivity contribution is 0.501. The Hall–Kier alpha value is -0.890. The van der Waals surface area contributed by atoms with E-state index in [1.165, 1.54) is 12.1 Å². The molecule has 0 bridgehead atoms. The molecule has 1 aromatic carbocycles. The quantitative estimate of drug-likeness (QED) is 0.652. The van der Waals surface area contributed by atoms with Crippen LogP contribution in [0.2, 0.25) is 0 Å². The maximum atomic E-state index is 13.0. The van der Waals surface area contributed by atoms with Gasteiger partial charge in [0.2, 0.25) is 0 Å². The van der Waals surface area contributed by atoms with E-state index in [2.05, 4.69) is 6.07 Å². The van der Waals surface area contributed by atoms with Crippen molar-refractivity contribution in [1.82, 2.24) is 0 Å². The summed E-state index contributed by atoms with van der Waals surface area (Å²) in [5.41, 5.74) is 5.57. The first-order valence-corrected chi connectivity index (χ1v) is 3.47. The van der Waals surface area contributed by atoms with Gasteiger partial charge in [0.05, 0.1) is 0 Å². The second-order valence-electron chi connectivity index (χ2n) is 3.13. The summed E-state index contributed by atoms with van der Waals surface area (Å²) >= 11 is 0. The predicted molar refractivity (Wildman–Crippen MR) is 42.4 cm³/mol. The summed E-state index contributed by atoms with van der Waals surface area (Å²) in [5.74, 6) is -0.267. The summed E-state index contributed by atoms with van der Waals surface area (Å²) in [5, 5.41) is 0. The van der Waals surface area contributed by atoms with Gasteiger partial charge in [-0.2, -0.15) is 0 Å². The highest BCUT2D eigenvalue weighted by Crippen LogP contribution is 2.18. The number of rotatable bonds is 1. The van der Waals surface area contributed by atoms with E-state index in [-0.39, 0.29) is 5.82 Å². The van der Waals surface area contributed by atoms with E-state index in [4.69, 9.17) is 5.73 Å². The van der Waals surface area contributed by atoms with Gasteiger partial charge in [-0.05, 0) is 32.0 Å². The Labute approximate surface area is 66.0 Å². The first-order valence-electron chi connectivity index (χ1n) is 3.47. The van der Waals surface area contributed by atoms with E-state index in [0.717, 1.165) is 0 Å². The van der Waals surface area contributed by atoms with Crippen molar-refractivity contribution < 1.29 is 4.39 Å². The van der Waals surface area contributed by atoms with E-state index in [1.807, 2.05) is 0 Å². The molecule has 0 aliphatic rings. The average molecular weight is 152 g/mol. The molecule has 1 nitrogen and oxygen atoms in total. The zero-order chi connectivity index (χ0) is 8.48. The van der Waals surface area contributed by atoms with Crippen molar-refractivity contribution in [1.29, 1.82) is 0 Å². The molecule has 1 aromatic rings. The molecule has 0 spiro atoms. The molecule has 0 heterocycles. The van der Waals surface area contributed by atoms with Crippen molar-refractivity contribution >= 4 is 0 Å². The highest BCUT2D eigenvalue weighted by atomic mass is 19.1. The molecule has 0 fully saturated rings. The van der Waals surface area contributed by atoms with Crippen LogP contribution in [-0.4, -0.2) is 0 Å². The molecule has 0 saturated carbocycles. The summed E-state index contributed by atoms with van der Waals surface area (Å²) < 4.78 is 13.0. The summed E-state index contributed by atoms with van der Waals surface area (Å²) in [6.45, 7) is 3.53. The second-order valence-corrected chi connectivity index (χ2v) is 3.13. The Morgan fingerprint density at radius 3 is 2.55 bits per heavy atom. The molecule has 11 heavy (non-hydrogen) atoms. The minimum Gasteiger partial charge on any atom is -0.322 e. The fourth-order valence-electron chi connectivity index (χ4n) is 0.905. The molecule has 0 amide bonds. The topological polar surface area (TPSA) is 26.0 Å². The van der Waals surface area contributed by atoms with Gasteiger partial charge in [0.15, 0.2) is 0 Å². The molecule has 2 heteroatoms. The standard InChI is InChI=1S/C9H11FN/c1-9(2,11)7-5-3-4-6-8(7)10/h4-6H,11H2,1-2H3. The van der Waals surface area contributed by atoms with Crippen molar-refractivity contribution in [3.63, 3.8) is 0 Å². The maximum absolute atomic E-state index is 13.0. The molecule has 1 rings (SSSR count). The molecule has 0 aliphatic carbocycles. The van der Waals surface area contributed by atoms with Crippen LogP contribution >= 0.6 is 0 Å². The van der Waals surface area contributed by atoms with Gasteiger partial charge < -0.3 is 5.73 Å². The van der Waals surface area contributed by atoms with Crippen molar-refractivity contribution in [2.75, 3.05) is 0 Å². The van der Waals surface area contributed by atoms with Gasteiger partial charge in [0, 0.05) is 11.1 Å². The molecule has 0 aliphatic heterocycles. The Balaban J connectivity index is 3.14. The third-order valence-corrected chi connectivity index (χ3v) is 1.51. The fraction of sp³-hybridized carbons (Fsp3) is 0.333. The average Bonchev–Trinajstić information content (AvgIpc) is 1.86. The maximum Gasteiger partial charge on any atom is 0.128 e. The minimum atomic E-state index is -0.623. The van der Waals surface area contributed by atoms with Crippen LogP contribution in [0.25, 0.3) is 0 Å². The van der Waals surface area contributed by atoms with Gasteiger partial charge in [-0.25, -0.2) is 4.39 Å². The highest BCUT2D eigenvalue weighted by molar-refractivity contribution is 5.23. The first kappa shape index (κ1) is 8.21. The molecular formula is C9H11FN. The fourth-order valence-corrected chi connectivity index (χ4v) is 0.905. The molecule has 59 valence electrons. The predicted octanol–water partition coefficient (Wildman–Crippen LogP) is 1.82. The minimum absolute atomic E-state index is 0.267. The Bertz CT molecular complexity index is 250. The molecule has 0 unspecified atom stereocenters. The van der Waals surface area contributed by atoms with E-state index in [9.17, 15) is 4.39 Å². The number of hydrogen-bond acceptors (Lipinski definition) is 1. The van der Waals surface area contributed by atoms with Crippen LogP contribution in [0, 0.1) is 11.9 Å². The Morgan fingerprint density at radius 2 is 2.18 bits per heavy atom. The number of halogens is 1. The van der Waals surface area contributed by atoms with Crippen LogP contribution in [0.1, 0.15) is 19.4 Å². The molecule has 1 radical (unpaired) electrons. The van der Waals surface area contributed by atoms with Crippen LogP contribution in [-0.2, 0) is 5.54 Å². The Kier molecular flexibility index (Phi) is 1.96. The van der Waals surface area contributed by atoms with E-state index < -0.39 is 5.54 Å². The highest BCUT2D eigenvalue weighted by Gasteiger charge is 2.17. The molecule has 0 aromatic heterocycles. The summed E-state index contributed by atoms with van der Waals surface area (Å²) in [7, 11) is 0. The lowest BCUT2D eigenvalue weighted by atomic mass is 9.95. The van der Waals surface area contributed by atoms with Gasteiger partial charge in [-0.1, -0.05) is 6.07 Å². The van der Waals surface area contributed by atoms with Crippen LogP contribution < -0.4 is 5.73 Å². The Morgan fingerprint density at radius 1 is 1.55 bits per heavy atom. The summed E-state index contributed by atoms with van der Waals surface area (Å²) in [4.78, 5) is 0. The zero-order valence-electron chi connectivity index (χ0n) is 6.69. The first-order chi connectivity index (χ1) is 5.02. The van der Waals surface area contributed by atoms with Gasteiger partial charge in [-0.3, -0.25) is 0 Å². The van der Waals surface area contributed by atoms with E-state index >= 15 is 0 Å². The molecule has 2 N–H and O–H groups in total. The lowest BCUT2D eigenvalue weighted by Crippen LogP contribution is -2.29. The SMILES string of the molecule is CC(C)(N)c1c[c]ccc1F. The third kappa shape index (κ3) is 1.77. The normalized spacial score (nSPS) is 11.6. The van der Waals surface area contributed by atoms with Crippen LogP contribution in [0.15, 0.2) is 18.2 Å². The lowest BCUT2D eigenvalue weighted by Gasteiger charge is -2.19. The van der Waals surface area contributed by atoms with E-state index in [1.54, 1.807) is 19.9 Å². The van der Waals surface area contributed by atoms with Crippen molar-refractivity contribution in [2.45, 2.75) is 19.4 Å². The zero-order valence-corrected chi connectivity index (χ0v) is 6.69. The van der Waals surface area contributed by atoms with Crippen LogP contribution in [0.3, 0.4) is 0 Å². The number of hydrogen-bond donors (Lipinski definition) is 1. The van der Waals surface area contributed by atoms with Gasteiger partial charge in [-0.15, -0.1) is 0 Å². The van der Waals surface area contributed by atoms with Crippen molar-refractivity contribution in [2.24, 2.45) is 5.73 Å². The van der Waals surface area contributed by atoms with Gasteiger partial charge >= 0.3 is 0 Å². The molecular weight excluding hydrogens is 141 g/mol. The smallest absolute Gasteiger partial charge is 0.128 e. The monoisotopic (exact) mass is 152 g/mol. The van der Waals surface area contributed by atoms with Crippen LogP contribution in [0.5, 0.6) is 0 Å². The van der Waals surface area contributed by atoms with Crippen molar-refractivity contribution in [3.05, 3.63) is 35.6 Å². The summed E-state index contributed by atoms with van der Waals surface area (Å²) in [6.07, 6.45) is 0. The second kappa shape index (κ2) is 2.62. The van der Waals surface area contributed by atoms with Crippen LogP contribution in [0.4, 0.5) is 4.39 Å². The van der Waals surface area contributed by atoms with E-state index in [0.29, 0.717) is 5.56 Å². The molecule has 0 atom stereocenters. The van der Waals surface area contributed by atoms with Gasteiger partial charge in [0.25, 0.3) is 0 Å². The largest absolute Gasteiger partial charge is 0.322 e. The summed E-state index contributed by atoms with van der Waals surface area (Å²) in [6, 6.07) is 7.26. The van der Waals surface area contributed by atoms with Crippen molar-refractivity contribution in [3.8, 4) is 0 Å².